The van der Waals surface area contributed by atoms with Crippen LogP contribution in [0.3, 0.4) is 0 Å². The SMILES string of the molecule is C[C@@H]1CCCC2=C1[C@H](c1ccc(Cl)cc1)n1c(s/c(=C/c3ccc(Cl)cc3)c1=O)=N2. The molecule has 2 aliphatic rings. The van der Waals surface area contributed by atoms with E-state index < -0.39 is 0 Å². The summed E-state index contributed by atoms with van der Waals surface area (Å²) in [5, 5.41) is 1.37. The topological polar surface area (TPSA) is 34.4 Å². The van der Waals surface area contributed by atoms with E-state index in [0.29, 0.717) is 20.5 Å². The molecule has 3 aromatic rings. The first-order valence-corrected chi connectivity index (χ1v) is 11.6. The van der Waals surface area contributed by atoms with Crippen LogP contribution in [0.15, 0.2) is 69.6 Å². The van der Waals surface area contributed by atoms with Crippen molar-refractivity contribution in [3.05, 3.63) is 101 Å². The van der Waals surface area contributed by atoms with Crippen LogP contribution in [0.2, 0.25) is 10.0 Å². The van der Waals surface area contributed by atoms with Crippen LogP contribution in [-0.4, -0.2) is 4.57 Å². The Balaban J connectivity index is 1.74. The summed E-state index contributed by atoms with van der Waals surface area (Å²) >= 11 is 13.6. The minimum absolute atomic E-state index is 0.00188. The summed E-state index contributed by atoms with van der Waals surface area (Å²) in [5.74, 6) is 0.391. The quantitative estimate of drug-likeness (QED) is 0.514. The molecule has 2 atom stereocenters. The number of hydrogen-bond donors (Lipinski definition) is 0. The molecule has 1 aromatic heterocycles. The monoisotopic (exact) mass is 454 g/mol. The third-order valence-electron chi connectivity index (χ3n) is 5.89. The summed E-state index contributed by atoms with van der Waals surface area (Å²) in [6.45, 7) is 2.25. The van der Waals surface area contributed by atoms with E-state index in [1.807, 2.05) is 59.2 Å². The molecule has 0 N–H and O–H groups in total. The maximum Gasteiger partial charge on any atom is 0.271 e. The second kappa shape index (κ2) is 7.84. The maximum absolute atomic E-state index is 13.5. The van der Waals surface area contributed by atoms with Gasteiger partial charge in [-0.3, -0.25) is 9.36 Å². The van der Waals surface area contributed by atoms with E-state index in [1.54, 1.807) is 0 Å². The molecule has 30 heavy (non-hydrogen) atoms. The summed E-state index contributed by atoms with van der Waals surface area (Å²) in [4.78, 5) is 19.2. The Kier molecular flexibility index (Phi) is 5.18. The molecule has 6 heteroatoms. The number of fused-ring (bicyclic) bond motifs is 1. The molecule has 0 radical (unpaired) electrons. The lowest BCUT2D eigenvalue weighted by Crippen LogP contribution is -2.40. The van der Waals surface area contributed by atoms with Crippen LogP contribution in [-0.2, 0) is 0 Å². The van der Waals surface area contributed by atoms with Gasteiger partial charge in [-0.25, -0.2) is 4.99 Å². The van der Waals surface area contributed by atoms with Crippen molar-refractivity contribution in [2.45, 2.75) is 32.2 Å². The van der Waals surface area contributed by atoms with E-state index >= 15 is 0 Å². The van der Waals surface area contributed by atoms with Gasteiger partial charge >= 0.3 is 0 Å². The summed E-state index contributed by atoms with van der Waals surface area (Å²) in [5.41, 5.74) is 4.44. The molecule has 2 heterocycles. The zero-order valence-electron chi connectivity index (χ0n) is 16.4. The molecule has 0 saturated carbocycles. The Morgan fingerprint density at radius 1 is 1.07 bits per heavy atom. The minimum atomic E-state index is -0.129. The van der Waals surface area contributed by atoms with E-state index in [9.17, 15) is 4.79 Å². The van der Waals surface area contributed by atoms with E-state index in [2.05, 4.69) is 6.92 Å². The molecule has 3 nitrogen and oxygen atoms in total. The van der Waals surface area contributed by atoms with E-state index in [-0.39, 0.29) is 11.6 Å². The highest BCUT2D eigenvalue weighted by Crippen LogP contribution is 2.41. The molecule has 0 spiro atoms. The lowest BCUT2D eigenvalue weighted by Gasteiger charge is -2.33. The lowest BCUT2D eigenvalue weighted by molar-refractivity contribution is 0.447. The molecule has 2 aromatic carbocycles. The predicted molar refractivity (Wildman–Crippen MR) is 124 cm³/mol. The molecule has 0 fully saturated rings. The van der Waals surface area contributed by atoms with Crippen LogP contribution in [0.1, 0.15) is 43.4 Å². The van der Waals surface area contributed by atoms with Crippen LogP contribution < -0.4 is 14.9 Å². The van der Waals surface area contributed by atoms with Crippen molar-refractivity contribution in [2.24, 2.45) is 10.9 Å². The van der Waals surface area contributed by atoms with Gasteiger partial charge in [0.15, 0.2) is 4.80 Å². The molecule has 1 aliphatic heterocycles. The highest BCUT2D eigenvalue weighted by Gasteiger charge is 2.33. The highest BCUT2D eigenvalue weighted by molar-refractivity contribution is 7.07. The Bertz CT molecular complexity index is 1320. The number of rotatable bonds is 2. The van der Waals surface area contributed by atoms with Crippen molar-refractivity contribution < 1.29 is 0 Å². The first kappa shape index (κ1) is 19.8. The average molecular weight is 455 g/mol. The number of halogens is 2. The van der Waals surface area contributed by atoms with Crippen LogP contribution in [0.5, 0.6) is 0 Å². The standard InChI is InChI=1S/C24H20Cl2N2OS/c1-14-3-2-4-19-21(14)22(16-7-11-18(26)12-8-16)28-23(29)20(30-24(28)27-19)13-15-5-9-17(25)10-6-15/h5-14,22H,2-4H2,1H3/b20-13+/t14-,22+/m1/s1. The largest absolute Gasteiger partial charge is 0.272 e. The Hall–Kier alpha value is -2.14. The first-order chi connectivity index (χ1) is 14.5. The van der Waals surface area contributed by atoms with Crippen LogP contribution in [0, 0.1) is 5.92 Å². The van der Waals surface area contributed by atoms with Crippen molar-refractivity contribution in [1.82, 2.24) is 4.57 Å². The van der Waals surface area contributed by atoms with Crippen molar-refractivity contribution >= 4 is 40.6 Å². The summed E-state index contributed by atoms with van der Waals surface area (Å²) in [6.07, 6.45) is 5.14. The number of nitrogens with zero attached hydrogens (tertiary/aromatic N) is 2. The summed E-state index contributed by atoms with van der Waals surface area (Å²) in [6, 6.07) is 15.2. The molecular formula is C24H20Cl2N2OS. The summed E-state index contributed by atoms with van der Waals surface area (Å²) in [7, 11) is 0. The number of allylic oxidation sites excluding steroid dienone is 2. The zero-order chi connectivity index (χ0) is 20.8. The van der Waals surface area contributed by atoms with Crippen molar-refractivity contribution in [1.29, 1.82) is 0 Å². The molecule has 0 unspecified atom stereocenters. The maximum atomic E-state index is 13.5. The smallest absolute Gasteiger partial charge is 0.271 e. The first-order valence-electron chi connectivity index (χ1n) is 10.1. The molecular weight excluding hydrogens is 435 g/mol. The fourth-order valence-corrected chi connectivity index (χ4v) is 5.71. The number of hydrogen-bond acceptors (Lipinski definition) is 3. The van der Waals surface area contributed by atoms with Crippen molar-refractivity contribution in [3.8, 4) is 0 Å². The number of aromatic nitrogens is 1. The normalized spacial score (nSPS) is 21.2. The lowest BCUT2D eigenvalue weighted by atomic mass is 9.80. The van der Waals surface area contributed by atoms with Crippen molar-refractivity contribution in [3.63, 3.8) is 0 Å². The third-order valence-corrected chi connectivity index (χ3v) is 7.38. The minimum Gasteiger partial charge on any atom is -0.272 e. The zero-order valence-corrected chi connectivity index (χ0v) is 18.8. The number of benzene rings is 2. The van der Waals surface area contributed by atoms with Gasteiger partial charge in [0.05, 0.1) is 10.6 Å². The van der Waals surface area contributed by atoms with Gasteiger partial charge in [0, 0.05) is 15.7 Å². The van der Waals surface area contributed by atoms with Gasteiger partial charge in [-0.1, -0.05) is 65.7 Å². The molecule has 0 amide bonds. The van der Waals surface area contributed by atoms with Crippen LogP contribution in [0.4, 0.5) is 0 Å². The third kappa shape index (κ3) is 3.47. The van der Waals surface area contributed by atoms with Gasteiger partial charge in [0.2, 0.25) is 0 Å². The predicted octanol–water partition coefficient (Wildman–Crippen LogP) is 5.34. The van der Waals surface area contributed by atoms with Crippen LogP contribution in [0.25, 0.3) is 6.08 Å². The Labute approximate surface area is 188 Å². The van der Waals surface area contributed by atoms with Gasteiger partial charge in [-0.05, 0) is 72.2 Å². The van der Waals surface area contributed by atoms with Crippen molar-refractivity contribution in [2.75, 3.05) is 0 Å². The van der Waals surface area contributed by atoms with E-state index in [1.165, 1.54) is 16.9 Å². The second-order valence-corrected chi connectivity index (χ2v) is 9.76. The van der Waals surface area contributed by atoms with Gasteiger partial charge < -0.3 is 0 Å². The van der Waals surface area contributed by atoms with Gasteiger partial charge in [0.25, 0.3) is 5.56 Å². The molecule has 0 bridgehead atoms. The summed E-state index contributed by atoms with van der Waals surface area (Å²) < 4.78 is 2.55. The Morgan fingerprint density at radius 3 is 2.43 bits per heavy atom. The van der Waals surface area contributed by atoms with Gasteiger partial charge in [-0.15, -0.1) is 0 Å². The molecule has 1 aliphatic carbocycles. The van der Waals surface area contributed by atoms with E-state index in [4.69, 9.17) is 28.2 Å². The molecule has 5 rings (SSSR count). The molecule has 0 saturated heterocycles. The van der Waals surface area contributed by atoms with E-state index in [0.717, 1.165) is 40.9 Å². The van der Waals surface area contributed by atoms with Gasteiger partial charge in [-0.2, -0.15) is 0 Å². The fraction of sp³-hybridized carbons (Fsp3) is 0.250. The van der Waals surface area contributed by atoms with Gasteiger partial charge in [0.1, 0.15) is 0 Å². The number of thiazole rings is 1. The Morgan fingerprint density at radius 2 is 1.73 bits per heavy atom. The van der Waals surface area contributed by atoms with Crippen LogP contribution >= 0.6 is 34.5 Å². The molecule has 152 valence electrons. The average Bonchev–Trinajstić information content (AvgIpc) is 3.04. The fourth-order valence-electron chi connectivity index (χ4n) is 4.44. The second-order valence-electron chi connectivity index (χ2n) is 7.88. The highest BCUT2D eigenvalue weighted by atomic mass is 35.5.